The molecule has 1 aliphatic rings. The molecule has 1 aromatic rings. The van der Waals surface area contributed by atoms with Crippen molar-refractivity contribution >= 4 is 22.4 Å². The van der Waals surface area contributed by atoms with Crippen LogP contribution >= 0.6 is 11.3 Å². The molecule has 5 heteroatoms. The Bertz CT molecular complexity index is 378. The second-order valence-corrected chi connectivity index (χ2v) is 5.00. The third-order valence-corrected chi connectivity index (χ3v) is 3.89. The zero-order valence-electron chi connectivity index (χ0n) is 9.35. The van der Waals surface area contributed by atoms with Gasteiger partial charge in [0.05, 0.1) is 5.69 Å². The van der Waals surface area contributed by atoms with Gasteiger partial charge in [-0.05, 0) is 19.8 Å². The number of carbonyl (C=O) groups is 1. The van der Waals surface area contributed by atoms with Gasteiger partial charge in [0.1, 0.15) is 6.04 Å². The van der Waals surface area contributed by atoms with Gasteiger partial charge in [-0.1, -0.05) is 12.8 Å². The van der Waals surface area contributed by atoms with Gasteiger partial charge in [0, 0.05) is 11.9 Å². The molecule has 16 heavy (non-hydrogen) atoms. The predicted molar refractivity (Wildman–Crippen MR) is 64.1 cm³/mol. The molecule has 1 atom stereocenters. The standard InChI is InChI=1S/C11H16N2O2S/c1-8-7-16-11(12-8)13-6-4-2-3-5-9(13)10(14)15/h7,9H,2-6H2,1H3,(H,14,15). The number of rotatable bonds is 2. The molecule has 0 radical (unpaired) electrons. The topological polar surface area (TPSA) is 53.4 Å². The van der Waals surface area contributed by atoms with Crippen LogP contribution in [0.5, 0.6) is 0 Å². The lowest BCUT2D eigenvalue weighted by Gasteiger charge is -2.26. The molecule has 0 spiro atoms. The first-order chi connectivity index (χ1) is 7.68. The van der Waals surface area contributed by atoms with Gasteiger partial charge < -0.3 is 10.0 Å². The molecule has 88 valence electrons. The number of hydrogen-bond acceptors (Lipinski definition) is 4. The van der Waals surface area contributed by atoms with Crippen LogP contribution in [0.4, 0.5) is 5.13 Å². The fourth-order valence-corrected chi connectivity index (χ4v) is 2.95. The van der Waals surface area contributed by atoms with Crippen LogP contribution in [-0.4, -0.2) is 28.6 Å². The highest BCUT2D eigenvalue weighted by Gasteiger charge is 2.28. The zero-order chi connectivity index (χ0) is 11.5. The SMILES string of the molecule is Cc1csc(N2CCCCCC2C(=O)O)n1. The maximum Gasteiger partial charge on any atom is 0.326 e. The maximum atomic E-state index is 11.2. The molecule has 1 aromatic heterocycles. The third-order valence-electron chi connectivity index (χ3n) is 2.89. The number of aliphatic carboxylic acids is 1. The molecule has 1 aliphatic heterocycles. The predicted octanol–water partition coefficient (Wildman–Crippen LogP) is 2.29. The summed E-state index contributed by atoms with van der Waals surface area (Å²) in [6.07, 6.45) is 3.90. The van der Waals surface area contributed by atoms with Crippen molar-refractivity contribution in [2.45, 2.75) is 38.6 Å². The van der Waals surface area contributed by atoms with Gasteiger partial charge in [-0.2, -0.15) is 0 Å². The summed E-state index contributed by atoms with van der Waals surface area (Å²) in [5, 5.41) is 12.1. The summed E-state index contributed by atoms with van der Waals surface area (Å²) in [4.78, 5) is 17.6. The summed E-state index contributed by atoms with van der Waals surface area (Å²) >= 11 is 1.54. The van der Waals surface area contributed by atoms with Gasteiger partial charge in [-0.3, -0.25) is 0 Å². The van der Waals surface area contributed by atoms with Crippen LogP contribution in [0.3, 0.4) is 0 Å². The van der Waals surface area contributed by atoms with E-state index in [-0.39, 0.29) is 0 Å². The third kappa shape index (κ3) is 2.35. The highest BCUT2D eigenvalue weighted by atomic mass is 32.1. The Kier molecular flexibility index (Phi) is 3.43. The van der Waals surface area contributed by atoms with E-state index in [2.05, 4.69) is 4.98 Å². The van der Waals surface area contributed by atoms with Crippen molar-refractivity contribution in [1.82, 2.24) is 4.98 Å². The van der Waals surface area contributed by atoms with E-state index in [4.69, 9.17) is 0 Å². The molecule has 1 fully saturated rings. The van der Waals surface area contributed by atoms with E-state index in [1.165, 1.54) is 11.3 Å². The summed E-state index contributed by atoms with van der Waals surface area (Å²) in [5.74, 6) is -0.727. The van der Waals surface area contributed by atoms with Crippen LogP contribution in [0, 0.1) is 6.92 Å². The molecule has 4 nitrogen and oxygen atoms in total. The Labute approximate surface area is 98.9 Å². The Hall–Kier alpha value is -1.10. The highest BCUT2D eigenvalue weighted by molar-refractivity contribution is 7.13. The number of thiazole rings is 1. The zero-order valence-corrected chi connectivity index (χ0v) is 10.2. The molecule has 1 unspecified atom stereocenters. The maximum absolute atomic E-state index is 11.2. The average molecular weight is 240 g/mol. The molecule has 0 amide bonds. The number of hydrogen-bond donors (Lipinski definition) is 1. The highest BCUT2D eigenvalue weighted by Crippen LogP contribution is 2.27. The Morgan fingerprint density at radius 3 is 3.00 bits per heavy atom. The molecule has 2 rings (SSSR count). The molecular weight excluding hydrogens is 224 g/mol. The van der Waals surface area contributed by atoms with Crippen molar-refractivity contribution in [3.63, 3.8) is 0 Å². The number of aryl methyl sites for hydroxylation is 1. The molecule has 0 aliphatic carbocycles. The van der Waals surface area contributed by atoms with Crippen molar-refractivity contribution in [3.05, 3.63) is 11.1 Å². The molecule has 0 saturated carbocycles. The van der Waals surface area contributed by atoms with E-state index in [0.29, 0.717) is 0 Å². The largest absolute Gasteiger partial charge is 0.480 e. The van der Waals surface area contributed by atoms with Crippen LogP contribution in [0.15, 0.2) is 5.38 Å². The van der Waals surface area contributed by atoms with E-state index in [0.717, 1.165) is 43.1 Å². The summed E-state index contributed by atoms with van der Waals surface area (Å²) in [6, 6.07) is -0.395. The van der Waals surface area contributed by atoms with Gasteiger partial charge >= 0.3 is 5.97 Å². The van der Waals surface area contributed by atoms with Crippen LogP contribution in [0.2, 0.25) is 0 Å². The lowest BCUT2D eigenvalue weighted by atomic mass is 10.1. The lowest BCUT2D eigenvalue weighted by Crippen LogP contribution is -2.40. The van der Waals surface area contributed by atoms with Gasteiger partial charge in [-0.25, -0.2) is 9.78 Å². The van der Waals surface area contributed by atoms with Crippen LogP contribution in [0.25, 0.3) is 0 Å². The first-order valence-electron chi connectivity index (χ1n) is 5.60. The van der Waals surface area contributed by atoms with Crippen LogP contribution in [-0.2, 0) is 4.79 Å². The summed E-state index contributed by atoms with van der Waals surface area (Å²) in [7, 11) is 0. The minimum Gasteiger partial charge on any atom is -0.480 e. The molecule has 1 saturated heterocycles. The van der Waals surface area contributed by atoms with Crippen molar-refractivity contribution in [2.75, 3.05) is 11.4 Å². The fourth-order valence-electron chi connectivity index (χ4n) is 2.07. The van der Waals surface area contributed by atoms with Crippen LogP contribution < -0.4 is 4.90 Å². The van der Waals surface area contributed by atoms with Gasteiger partial charge in [0.25, 0.3) is 0 Å². The quantitative estimate of drug-likeness (QED) is 0.861. The second kappa shape index (κ2) is 4.82. The molecule has 2 heterocycles. The summed E-state index contributed by atoms with van der Waals surface area (Å²) in [6.45, 7) is 2.75. The number of carboxylic acids is 1. The first-order valence-corrected chi connectivity index (χ1v) is 6.48. The van der Waals surface area contributed by atoms with E-state index in [1.807, 2.05) is 17.2 Å². The van der Waals surface area contributed by atoms with E-state index >= 15 is 0 Å². The summed E-state index contributed by atoms with van der Waals surface area (Å²) < 4.78 is 0. The van der Waals surface area contributed by atoms with Crippen LogP contribution in [0.1, 0.15) is 31.4 Å². The minimum atomic E-state index is -0.727. The van der Waals surface area contributed by atoms with Crippen molar-refractivity contribution in [1.29, 1.82) is 0 Å². The van der Waals surface area contributed by atoms with Crippen molar-refractivity contribution in [2.24, 2.45) is 0 Å². The average Bonchev–Trinajstić information content (AvgIpc) is 2.54. The Balaban J connectivity index is 2.23. The number of nitrogens with zero attached hydrogens (tertiary/aromatic N) is 2. The fraction of sp³-hybridized carbons (Fsp3) is 0.636. The number of carboxylic acid groups (broad SMARTS) is 1. The van der Waals surface area contributed by atoms with Crippen molar-refractivity contribution in [3.8, 4) is 0 Å². The monoisotopic (exact) mass is 240 g/mol. The smallest absolute Gasteiger partial charge is 0.326 e. The van der Waals surface area contributed by atoms with Gasteiger partial charge in [0.15, 0.2) is 5.13 Å². The number of aromatic nitrogens is 1. The number of anilines is 1. The van der Waals surface area contributed by atoms with E-state index in [1.54, 1.807) is 0 Å². The Morgan fingerprint density at radius 2 is 2.38 bits per heavy atom. The normalized spacial score (nSPS) is 21.8. The van der Waals surface area contributed by atoms with E-state index in [9.17, 15) is 9.90 Å². The molecule has 0 bridgehead atoms. The van der Waals surface area contributed by atoms with Crippen molar-refractivity contribution < 1.29 is 9.90 Å². The van der Waals surface area contributed by atoms with Gasteiger partial charge in [-0.15, -0.1) is 11.3 Å². The van der Waals surface area contributed by atoms with Gasteiger partial charge in [0.2, 0.25) is 0 Å². The Morgan fingerprint density at radius 1 is 1.56 bits per heavy atom. The molecular formula is C11H16N2O2S. The summed E-state index contributed by atoms with van der Waals surface area (Å²) in [5.41, 5.74) is 0.966. The molecule has 1 N–H and O–H groups in total. The second-order valence-electron chi connectivity index (χ2n) is 4.17. The first kappa shape index (κ1) is 11.4. The van der Waals surface area contributed by atoms with E-state index < -0.39 is 12.0 Å². The minimum absolute atomic E-state index is 0.395. The lowest BCUT2D eigenvalue weighted by molar-refractivity contribution is -0.138. The molecule has 0 aromatic carbocycles.